The van der Waals surface area contributed by atoms with E-state index in [0.29, 0.717) is 0 Å². The Morgan fingerprint density at radius 2 is 1.92 bits per heavy atom. The Morgan fingerprint density at radius 1 is 0.958 bits per heavy atom. The van der Waals surface area contributed by atoms with Crippen molar-refractivity contribution in [3.63, 3.8) is 0 Å². The van der Waals surface area contributed by atoms with E-state index < -0.39 is 0 Å². The van der Waals surface area contributed by atoms with Gasteiger partial charge >= 0.3 is 0 Å². The Bertz CT molecular complexity index is 1080. The van der Waals surface area contributed by atoms with Crippen LogP contribution in [0.15, 0.2) is 46.8 Å². The Labute approximate surface area is 141 Å². The number of rotatable bonds is 2. The van der Waals surface area contributed by atoms with Gasteiger partial charge in [-0.15, -0.1) is 21.5 Å². The molecular weight excluding hydrogens is 320 g/mol. The predicted octanol–water partition coefficient (Wildman–Crippen LogP) is 3.05. The fourth-order valence-electron chi connectivity index (χ4n) is 2.80. The minimum absolute atomic E-state index is 0.751. The monoisotopic (exact) mass is 332 g/mol. The molecule has 0 N–H and O–H groups in total. The molecule has 1 aromatic carbocycles. The smallest absolute Gasteiger partial charge is 0.183 e. The van der Waals surface area contributed by atoms with Crippen molar-refractivity contribution < 1.29 is 0 Å². The van der Waals surface area contributed by atoms with E-state index in [4.69, 9.17) is 9.97 Å². The second-order valence-corrected chi connectivity index (χ2v) is 6.35. The van der Waals surface area contributed by atoms with Crippen molar-refractivity contribution in [3.05, 3.63) is 47.6 Å². The molecule has 0 fully saturated rings. The van der Waals surface area contributed by atoms with Crippen LogP contribution in [-0.4, -0.2) is 37.5 Å². The van der Waals surface area contributed by atoms with Gasteiger partial charge in [-0.25, -0.2) is 9.97 Å². The Balaban J connectivity index is 1.57. The van der Waals surface area contributed by atoms with Crippen molar-refractivity contribution in [1.29, 1.82) is 0 Å². The largest absolute Gasteiger partial charge is 0.303 e. The zero-order valence-corrected chi connectivity index (χ0v) is 13.4. The number of hydrogen-bond donors (Lipinski definition) is 0. The van der Waals surface area contributed by atoms with Gasteiger partial charge in [0.15, 0.2) is 11.6 Å². The number of hydrogen-bond acceptors (Lipinski definition) is 6. The Hall–Kier alpha value is -2.93. The summed E-state index contributed by atoms with van der Waals surface area (Å²) in [5.74, 6) is 1.58. The minimum atomic E-state index is 0.751. The normalized spacial score (nSPS) is 13.3. The third-order valence-corrected chi connectivity index (χ3v) is 4.85. The third-order valence-electron chi connectivity index (χ3n) is 3.99. The molecule has 4 heterocycles. The fraction of sp³-hybridized carbons (Fsp3) is 0.118. The summed E-state index contributed by atoms with van der Waals surface area (Å²) < 4.78 is 2.06. The van der Waals surface area contributed by atoms with Gasteiger partial charge in [-0.05, 0) is 12.1 Å². The van der Waals surface area contributed by atoms with Gasteiger partial charge in [-0.3, -0.25) is 4.99 Å². The van der Waals surface area contributed by atoms with Crippen LogP contribution in [0.4, 0.5) is 0 Å². The summed E-state index contributed by atoms with van der Waals surface area (Å²) in [4.78, 5) is 13.7. The first-order valence-electron chi connectivity index (χ1n) is 7.63. The SMILES string of the molecule is C1=NCCn2c1nnc2-c1csc(-c2ccc3ccccc3n2)n1. The van der Waals surface area contributed by atoms with Crippen LogP contribution in [0.2, 0.25) is 0 Å². The van der Waals surface area contributed by atoms with E-state index >= 15 is 0 Å². The first-order valence-corrected chi connectivity index (χ1v) is 8.51. The Kier molecular flexibility index (Phi) is 2.99. The zero-order valence-electron chi connectivity index (χ0n) is 12.6. The van der Waals surface area contributed by atoms with Gasteiger partial charge in [0.1, 0.15) is 10.7 Å². The van der Waals surface area contributed by atoms with Crippen LogP contribution in [0.25, 0.3) is 33.1 Å². The van der Waals surface area contributed by atoms with Crippen LogP contribution in [-0.2, 0) is 6.54 Å². The molecule has 0 saturated carbocycles. The first kappa shape index (κ1) is 13.5. The van der Waals surface area contributed by atoms with E-state index in [0.717, 1.165) is 52.0 Å². The van der Waals surface area contributed by atoms with Crippen LogP contribution < -0.4 is 0 Å². The van der Waals surface area contributed by atoms with Crippen molar-refractivity contribution in [2.75, 3.05) is 6.54 Å². The number of thiazole rings is 1. The lowest BCUT2D eigenvalue weighted by Crippen LogP contribution is -2.12. The van der Waals surface area contributed by atoms with Crippen LogP contribution >= 0.6 is 11.3 Å². The highest BCUT2D eigenvalue weighted by Crippen LogP contribution is 2.28. The lowest BCUT2D eigenvalue weighted by Gasteiger charge is -2.08. The average Bonchev–Trinajstić information content (AvgIpc) is 3.28. The molecule has 116 valence electrons. The van der Waals surface area contributed by atoms with Crippen molar-refractivity contribution in [2.24, 2.45) is 4.99 Å². The number of aliphatic imine (C=N–C) groups is 1. The lowest BCUT2D eigenvalue weighted by atomic mass is 10.2. The Morgan fingerprint density at radius 3 is 2.92 bits per heavy atom. The molecule has 4 aromatic rings. The molecule has 1 aliphatic heterocycles. The second kappa shape index (κ2) is 5.31. The number of pyridine rings is 1. The van der Waals surface area contributed by atoms with E-state index in [1.54, 1.807) is 17.6 Å². The van der Waals surface area contributed by atoms with Gasteiger partial charge in [-0.1, -0.05) is 24.3 Å². The molecule has 0 radical (unpaired) electrons. The lowest BCUT2D eigenvalue weighted by molar-refractivity contribution is 0.691. The highest BCUT2D eigenvalue weighted by molar-refractivity contribution is 7.13. The highest BCUT2D eigenvalue weighted by atomic mass is 32.1. The number of aromatic nitrogens is 5. The van der Waals surface area contributed by atoms with Gasteiger partial charge in [-0.2, -0.15) is 0 Å². The molecule has 7 heteroatoms. The molecule has 0 aliphatic carbocycles. The van der Waals surface area contributed by atoms with Crippen LogP contribution in [0.1, 0.15) is 5.82 Å². The summed E-state index contributed by atoms with van der Waals surface area (Å²) in [7, 11) is 0. The molecule has 3 aromatic heterocycles. The molecule has 0 amide bonds. The molecule has 0 bridgehead atoms. The standard InChI is InChI=1S/C17H12N6S/c1-2-4-12-11(3-1)5-6-13(19-12)17-20-14(10-24-17)16-22-21-15-9-18-7-8-23(15)16/h1-6,9-10H,7-8H2. The minimum Gasteiger partial charge on any atom is -0.303 e. The molecule has 0 atom stereocenters. The molecule has 0 saturated heterocycles. The molecular formula is C17H12N6S. The molecule has 1 aliphatic rings. The summed E-state index contributed by atoms with van der Waals surface area (Å²) in [5, 5.41) is 12.5. The number of para-hydroxylation sites is 1. The van der Waals surface area contributed by atoms with E-state index in [9.17, 15) is 0 Å². The van der Waals surface area contributed by atoms with Crippen molar-refractivity contribution in [3.8, 4) is 22.2 Å². The van der Waals surface area contributed by atoms with Crippen molar-refractivity contribution >= 4 is 28.5 Å². The maximum absolute atomic E-state index is 4.73. The number of fused-ring (bicyclic) bond motifs is 2. The van der Waals surface area contributed by atoms with Gasteiger partial charge in [0, 0.05) is 17.3 Å². The average molecular weight is 332 g/mol. The van der Waals surface area contributed by atoms with Crippen molar-refractivity contribution in [2.45, 2.75) is 6.54 Å². The van der Waals surface area contributed by atoms with E-state index in [-0.39, 0.29) is 0 Å². The highest BCUT2D eigenvalue weighted by Gasteiger charge is 2.17. The zero-order chi connectivity index (χ0) is 15.9. The summed E-state index contributed by atoms with van der Waals surface area (Å²) in [5.41, 5.74) is 2.69. The topological polar surface area (TPSA) is 68.8 Å². The van der Waals surface area contributed by atoms with Crippen LogP contribution in [0.5, 0.6) is 0 Å². The first-order chi connectivity index (χ1) is 11.9. The predicted molar refractivity (Wildman–Crippen MR) is 94.3 cm³/mol. The summed E-state index contributed by atoms with van der Waals surface area (Å²) in [6, 6.07) is 12.2. The van der Waals surface area contributed by atoms with E-state index in [1.807, 2.05) is 29.6 Å². The van der Waals surface area contributed by atoms with Crippen molar-refractivity contribution in [1.82, 2.24) is 24.7 Å². The molecule has 5 rings (SSSR count). The van der Waals surface area contributed by atoms with E-state index in [1.165, 1.54) is 0 Å². The van der Waals surface area contributed by atoms with Gasteiger partial charge < -0.3 is 4.57 Å². The van der Waals surface area contributed by atoms with Gasteiger partial charge in [0.25, 0.3) is 0 Å². The van der Waals surface area contributed by atoms with Gasteiger partial charge in [0.2, 0.25) is 0 Å². The quantitative estimate of drug-likeness (QED) is 0.566. The van der Waals surface area contributed by atoms with Crippen LogP contribution in [0, 0.1) is 0 Å². The molecule has 24 heavy (non-hydrogen) atoms. The van der Waals surface area contributed by atoms with Crippen LogP contribution in [0.3, 0.4) is 0 Å². The second-order valence-electron chi connectivity index (χ2n) is 5.50. The van der Waals surface area contributed by atoms with Gasteiger partial charge in [0.05, 0.1) is 24.0 Å². The fourth-order valence-corrected chi connectivity index (χ4v) is 3.57. The maximum atomic E-state index is 4.73. The number of benzene rings is 1. The molecule has 0 unspecified atom stereocenters. The molecule has 6 nitrogen and oxygen atoms in total. The third kappa shape index (κ3) is 2.13. The summed E-state index contributed by atoms with van der Waals surface area (Å²) in [6.45, 7) is 1.54. The maximum Gasteiger partial charge on any atom is 0.183 e. The van der Waals surface area contributed by atoms with E-state index in [2.05, 4.69) is 31.9 Å². The molecule has 0 spiro atoms. The summed E-state index contributed by atoms with van der Waals surface area (Å²) in [6.07, 6.45) is 1.76. The summed E-state index contributed by atoms with van der Waals surface area (Å²) >= 11 is 1.57. The number of nitrogens with zero attached hydrogens (tertiary/aromatic N) is 6.